The van der Waals surface area contributed by atoms with Gasteiger partial charge in [-0.05, 0) is 0 Å². The summed E-state index contributed by atoms with van der Waals surface area (Å²) in [7, 11) is 0. The van der Waals surface area contributed by atoms with Crippen molar-refractivity contribution >= 4 is 0 Å². The van der Waals surface area contributed by atoms with Gasteiger partial charge < -0.3 is 14.8 Å². The number of ether oxygens (including phenoxy) is 2. The number of fused-ring (bicyclic) bond motifs is 4. The van der Waals surface area contributed by atoms with Crippen molar-refractivity contribution in [3.8, 4) is 0 Å². The summed E-state index contributed by atoms with van der Waals surface area (Å²) in [6.45, 7) is 0.804. The molecule has 0 aromatic carbocycles. The van der Waals surface area contributed by atoms with Gasteiger partial charge >= 0.3 is 0 Å². The molecule has 0 spiro atoms. The van der Waals surface area contributed by atoms with Gasteiger partial charge in [0.15, 0.2) is 6.29 Å². The molecule has 0 unspecified atom stereocenters. The van der Waals surface area contributed by atoms with Crippen LogP contribution in [0.1, 0.15) is 6.42 Å². The first-order valence-corrected chi connectivity index (χ1v) is 3.46. The number of rotatable bonds is 0. The van der Waals surface area contributed by atoms with Gasteiger partial charge in [0.1, 0.15) is 6.10 Å². The van der Waals surface area contributed by atoms with Crippen molar-refractivity contribution in [1.82, 2.24) is 5.32 Å². The van der Waals surface area contributed by atoms with Crippen molar-refractivity contribution in [1.29, 1.82) is 0 Å². The van der Waals surface area contributed by atoms with Crippen molar-refractivity contribution in [3.63, 3.8) is 0 Å². The SMILES string of the molecule is C1[C@@H]2OC[C@@H](O2)[C@H]2N[C@@H]12. The topological polar surface area (TPSA) is 40.4 Å². The molecule has 0 aliphatic carbocycles. The summed E-state index contributed by atoms with van der Waals surface area (Å²) in [4.78, 5) is 0. The van der Waals surface area contributed by atoms with Gasteiger partial charge in [0.05, 0.1) is 12.6 Å². The van der Waals surface area contributed by atoms with Crippen LogP contribution in [0.2, 0.25) is 0 Å². The molecule has 0 saturated carbocycles. The lowest BCUT2D eigenvalue weighted by atomic mass is 10.1. The first kappa shape index (κ1) is 4.66. The van der Waals surface area contributed by atoms with Crippen LogP contribution in [-0.2, 0) is 9.47 Å². The van der Waals surface area contributed by atoms with E-state index < -0.39 is 0 Å². The highest BCUT2D eigenvalue weighted by atomic mass is 16.7. The lowest BCUT2D eigenvalue weighted by Crippen LogP contribution is -2.26. The second kappa shape index (κ2) is 1.31. The Morgan fingerprint density at radius 2 is 2.44 bits per heavy atom. The summed E-state index contributed by atoms with van der Waals surface area (Å²) >= 11 is 0. The summed E-state index contributed by atoms with van der Waals surface area (Å²) in [5.41, 5.74) is 0. The minimum Gasteiger partial charge on any atom is -0.350 e. The first-order chi connectivity index (χ1) is 4.43. The van der Waals surface area contributed by atoms with E-state index in [2.05, 4.69) is 5.32 Å². The molecule has 0 amide bonds. The Hall–Kier alpha value is -0.120. The lowest BCUT2D eigenvalue weighted by molar-refractivity contribution is -0.0725. The van der Waals surface area contributed by atoms with E-state index >= 15 is 0 Å². The van der Waals surface area contributed by atoms with Crippen LogP contribution < -0.4 is 5.32 Å². The lowest BCUT2D eigenvalue weighted by Gasteiger charge is -2.13. The summed E-state index contributed by atoms with van der Waals surface area (Å²) in [5.74, 6) is 0. The summed E-state index contributed by atoms with van der Waals surface area (Å²) in [6.07, 6.45) is 1.54. The minimum absolute atomic E-state index is 0.117. The van der Waals surface area contributed by atoms with Gasteiger partial charge in [-0.3, -0.25) is 0 Å². The third-order valence-corrected chi connectivity index (χ3v) is 2.35. The third kappa shape index (κ3) is 0.520. The van der Waals surface area contributed by atoms with Crippen LogP contribution in [0.3, 0.4) is 0 Å². The molecule has 9 heavy (non-hydrogen) atoms. The van der Waals surface area contributed by atoms with E-state index in [4.69, 9.17) is 9.47 Å². The van der Waals surface area contributed by atoms with Gasteiger partial charge in [0.25, 0.3) is 0 Å². The normalized spacial score (nSPS) is 61.3. The fraction of sp³-hybridized carbons (Fsp3) is 1.00. The van der Waals surface area contributed by atoms with E-state index in [9.17, 15) is 0 Å². The van der Waals surface area contributed by atoms with Crippen molar-refractivity contribution < 1.29 is 9.47 Å². The van der Waals surface area contributed by atoms with Crippen LogP contribution in [0.4, 0.5) is 0 Å². The Morgan fingerprint density at radius 3 is 3.44 bits per heavy atom. The van der Waals surface area contributed by atoms with E-state index in [1.807, 2.05) is 0 Å². The van der Waals surface area contributed by atoms with E-state index in [1.54, 1.807) is 0 Å². The highest BCUT2D eigenvalue weighted by Crippen LogP contribution is 2.34. The van der Waals surface area contributed by atoms with Gasteiger partial charge in [-0.2, -0.15) is 0 Å². The van der Waals surface area contributed by atoms with Crippen molar-refractivity contribution in [2.75, 3.05) is 6.61 Å². The Balaban J connectivity index is 1.90. The average Bonchev–Trinajstić information content (AvgIpc) is 2.50. The summed E-state index contributed by atoms with van der Waals surface area (Å²) in [6, 6.07) is 1.35. The first-order valence-electron chi connectivity index (χ1n) is 3.46. The van der Waals surface area contributed by atoms with E-state index in [0.29, 0.717) is 12.1 Å². The molecule has 3 aliphatic rings. The van der Waals surface area contributed by atoms with Gasteiger partial charge in [0, 0.05) is 12.5 Å². The molecule has 3 nitrogen and oxygen atoms in total. The van der Waals surface area contributed by atoms with Crippen LogP contribution in [0.5, 0.6) is 0 Å². The fourth-order valence-corrected chi connectivity index (χ4v) is 1.77. The van der Waals surface area contributed by atoms with Crippen LogP contribution in [0.15, 0.2) is 0 Å². The van der Waals surface area contributed by atoms with E-state index in [0.717, 1.165) is 19.1 Å². The van der Waals surface area contributed by atoms with Gasteiger partial charge in [-0.1, -0.05) is 0 Å². The van der Waals surface area contributed by atoms with E-state index in [-0.39, 0.29) is 6.29 Å². The zero-order valence-corrected chi connectivity index (χ0v) is 5.04. The quantitative estimate of drug-likeness (QED) is 0.445. The van der Waals surface area contributed by atoms with Crippen LogP contribution in [0, 0.1) is 0 Å². The average molecular weight is 127 g/mol. The van der Waals surface area contributed by atoms with Gasteiger partial charge in [0.2, 0.25) is 0 Å². The van der Waals surface area contributed by atoms with Crippen molar-refractivity contribution in [3.05, 3.63) is 0 Å². The van der Waals surface area contributed by atoms with Crippen LogP contribution in [-0.4, -0.2) is 31.1 Å². The molecule has 2 bridgehead atoms. The molecule has 4 atom stereocenters. The molecule has 3 heteroatoms. The summed E-state index contributed by atoms with van der Waals surface area (Å²) < 4.78 is 10.8. The molecular weight excluding hydrogens is 118 g/mol. The van der Waals surface area contributed by atoms with Crippen LogP contribution >= 0.6 is 0 Å². The molecular formula is C6H9NO2. The molecule has 3 aliphatic heterocycles. The second-order valence-corrected chi connectivity index (χ2v) is 2.97. The number of hydrogen-bond acceptors (Lipinski definition) is 3. The molecule has 0 aromatic heterocycles. The molecule has 0 aromatic rings. The zero-order valence-electron chi connectivity index (χ0n) is 5.04. The molecule has 3 saturated heterocycles. The van der Waals surface area contributed by atoms with Gasteiger partial charge in [-0.15, -0.1) is 0 Å². The molecule has 3 heterocycles. The predicted octanol–water partition coefficient (Wildman–Crippen LogP) is -0.528. The second-order valence-electron chi connectivity index (χ2n) is 2.97. The van der Waals surface area contributed by atoms with E-state index in [1.165, 1.54) is 0 Å². The fourth-order valence-electron chi connectivity index (χ4n) is 1.77. The molecule has 1 N–H and O–H groups in total. The van der Waals surface area contributed by atoms with Gasteiger partial charge in [-0.25, -0.2) is 0 Å². The Kier molecular flexibility index (Phi) is 0.678. The molecule has 50 valence electrons. The predicted molar refractivity (Wildman–Crippen MR) is 29.9 cm³/mol. The standard InChI is InChI=1S/C6H9NO2/c1-3-6(7-3)4-2-8-5(1)9-4/h3-7H,1-2H2/t3-,4+,5+,6-/m0/s1. The Morgan fingerprint density at radius 1 is 1.44 bits per heavy atom. The molecule has 3 fully saturated rings. The highest BCUT2D eigenvalue weighted by Gasteiger charge is 2.52. The minimum atomic E-state index is 0.117. The Bertz CT molecular complexity index is 148. The maximum atomic E-state index is 5.47. The molecule has 3 rings (SSSR count). The highest BCUT2D eigenvalue weighted by molar-refractivity contribution is 5.08. The number of nitrogens with one attached hydrogen (secondary N) is 1. The van der Waals surface area contributed by atoms with Crippen molar-refractivity contribution in [2.45, 2.75) is 30.9 Å². The zero-order chi connectivity index (χ0) is 5.84. The third-order valence-electron chi connectivity index (χ3n) is 2.35. The maximum Gasteiger partial charge on any atom is 0.159 e. The summed E-state index contributed by atoms with van der Waals surface area (Å²) in [5, 5.41) is 3.36. The maximum absolute atomic E-state index is 5.47. The monoisotopic (exact) mass is 127 g/mol. The largest absolute Gasteiger partial charge is 0.350 e. The Labute approximate surface area is 53.3 Å². The van der Waals surface area contributed by atoms with Crippen LogP contribution in [0.25, 0.3) is 0 Å². The smallest absolute Gasteiger partial charge is 0.159 e. The van der Waals surface area contributed by atoms with Crippen molar-refractivity contribution in [2.24, 2.45) is 0 Å². The number of hydrogen-bond donors (Lipinski definition) is 1. The molecule has 0 radical (unpaired) electrons.